The Morgan fingerprint density at radius 2 is 1.75 bits per heavy atom. The van der Waals surface area contributed by atoms with Crippen molar-refractivity contribution in [2.24, 2.45) is 0 Å². The van der Waals surface area contributed by atoms with Gasteiger partial charge in [-0.3, -0.25) is 15.6 Å². The highest BCUT2D eigenvalue weighted by Gasteiger charge is 2.14. The van der Waals surface area contributed by atoms with Crippen LogP contribution in [0, 0.1) is 0 Å². The van der Waals surface area contributed by atoms with Gasteiger partial charge in [-0.05, 0) is 36.2 Å². The third-order valence-corrected chi connectivity index (χ3v) is 4.23. The van der Waals surface area contributed by atoms with E-state index in [0.717, 1.165) is 11.3 Å². The first-order valence-corrected chi connectivity index (χ1v) is 8.24. The van der Waals surface area contributed by atoms with E-state index in [1.165, 1.54) is 12.1 Å². The molecule has 2 aromatic carbocycles. The van der Waals surface area contributed by atoms with Crippen LogP contribution in [0.5, 0.6) is 11.5 Å². The number of rotatable bonds is 5. The maximum atomic E-state index is 12.0. The summed E-state index contributed by atoms with van der Waals surface area (Å²) in [6.07, 6.45) is 0.849. The third-order valence-electron chi connectivity index (χ3n) is 3.41. The summed E-state index contributed by atoms with van der Waals surface area (Å²) in [7, 11) is 0. The second-order valence-electron chi connectivity index (χ2n) is 5.11. The number of hydrazine groups is 1. The second kappa shape index (κ2) is 7.38. The van der Waals surface area contributed by atoms with E-state index in [1.54, 1.807) is 0 Å². The van der Waals surface area contributed by atoms with Crippen LogP contribution in [-0.2, 0) is 11.2 Å². The number of carbonyl (C=O) groups excluding carboxylic acids is 1. The first kappa shape index (κ1) is 17.0. The number of anilines is 1. The van der Waals surface area contributed by atoms with Gasteiger partial charge < -0.3 is 9.47 Å². The van der Waals surface area contributed by atoms with Gasteiger partial charge in [-0.1, -0.05) is 40.9 Å². The minimum atomic E-state index is -0.199. The van der Waals surface area contributed by atoms with Crippen LogP contribution in [0.4, 0.5) is 5.69 Å². The number of amides is 1. The molecule has 1 aliphatic heterocycles. The summed E-state index contributed by atoms with van der Waals surface area (Å²) >= 11 is 17.9. The molecule has 0 saturated carbocycles. The van der Waals surface area contributed by atoms with Crippen LogP contribution in [0.2, 0.25) is 15.1 Å². The molecule has 0 atom stereocenters. The van der Waals surface area contributed by atoms with Crippen molar-refractivity contribution in [3.05, 3.63) is 51.0 Å². The third kappa shape index (κ3) is 3.98. The van der Waals surface area contributed by atoms with Crippen molar-refractivity contribution in [2.45, 2.75) is 12.8 Å². The number of fused-ring (bicyclic) bond motifs is 1. The minimum absolute atomic E-state index is 0.199. The van der Waals surface area contributed by atoms with Crippen LogP contribution in [-0.4, -0.2) is 12.7 Å². The zero-order valence-electron chi connectivity index (χ0n) is 12.4. The van der Waals surface area contributed by atoms with Crippen LogP contribution in [0.1, 0.15) is 12.0 Å². The molecule has 0 spiro atoms. The molecule has 0 bridgehead atoms. The van der Waals surface area contributed by atoms with Gasteiger partial charge in [0.2, 0.25) is 12.7 Å². The standard InChI is InChI=1S/C16H13Cl3N2O3/c17-10-6-11(18)16(12(19)7-10)21-20-15(22)4-2-9-1-3-13-14(5-9)24-8-23-13/h1,3,5-7,21H,2,4,8H2,(H,20,22). The smallest absolute Gasteiger partial charge is 0.238 e. The number of carbonyl (C=O) groups is 1. The molecule has 5 nitrogen and oxygen atoms in total. The van der Waals surface area contributed by atoms with Crippen molar-refractivity contribution < 1.29 is 14.3 Å². The van der Waals surface area contributed by atoms with Gasteiger partial charge in [-0.25, -0.2) is 0 Å². The average molecular weight is 388 g/mol. The Labute approximate surface area is 153 Å². The van der Waals surface area contributed by atoms with Crippen LogP contribution < -0.4 is 20.3 Å². The summed E-state index contributed by atoms with van der Waals surface area (Å²) in [4.78, 5) is 12.0. The van der Waals surface area contributed by atoms with E-state index in [2.05, 4.69) is 10.9 Å². The van der Waals surface area contributed by atoms with Crippen molar-refractivity contribution in [1.82, 2.24) is 5.43 Å². The summed E-state index contributed by atoms with van der Waals surface area (Å²) in [5.74, 6) is 1.22. The Morgan fingerprint density at radius 1 is 1.04 bits per heavy atom. The lowest BCUT2D eigenvalue weighted by Gasteiger charge is -2.12. The van der Waals surface area contributed by atoms with E-state index in [9.17, 15) is 4.79 Å². The molecule has 0 saturated heterocycles. The Balaban J connectivity index is 1.53. The Hall–Kier alpha value is -1.82. The van der Waals surface area contributed by atoms with Crippen molar-refractivity contribution >= 4 is 46.4 Å². The Morgan fingerprint density at radius 3 is 2.50 bits per heavy atom. The van der Waals surface area contributed by atoms with Crippen LogP contribution in [0.15, 0.2) is 30.3 Å². The largest absolute Gasteiger partial charge is 0.454 e. The monoisotopic (exact) mass is 386 g/mol. The van der Waals surface area contributed by atoms with Gasteiger partial charge in [0.1, 0.15) is 0 Å². The second-order valence-corrected chi connectivity index (χ2v) is 6.36. The van der Waals surface area contributed by atoms with Crippen molar-refractivity contribution in [2.75, 3.05) is 12.2 Å². The van der Waals surface area contributed by atoms with Gasteiger partial charge in [-0.2, -0.15) is 0 Å². The number of ether oxygens (including phenoxy) is 2. The molecule has 2 aromatic rings. The first-order chi connectivity index (χ1) is 11.5. The summed E-state index contributed by atoms with van der Waals surface area (Å²) in [6, 6.07) is 8.68. The molecule has 8 heteroatoms. The van der Waals surface area contributed by atoms with Gasteiger partial charge in [0.05, 0.1) is 15.7 Å². The van der Waals surface area contributed by atoms with Gasteiger partial charge >= 0.3 is 0 Å². The van der Waals surface area contributed by atoms with Gasteiger partial charge in [-0.15, -0.1) is 0 Å². The lowest BCUT2D eigenvalue weighted by Crippen LogP contribution is -2.29. The molecule has 3 rings (SSSR count). The van der Waals surface area contributed by atoms with Gasteiger partial charge in [0.15, 0.2) is 11.5 Å². The summed E-state index contributed by atoms with van der Waals surface area (Å²) in [5.41, 5.74) is 6.67. The fraction of sp³-hybridized carbons (Fsp3) is 0.188. The quantitative estimate of drug-likeness (QED) is 0.744. The fourth-order valence-electron chi connectivity index (χ4n) is 2.21. The van der Waals surface area contributed by atoms with Crippen molar-refractivity contribution in [1.29, 1.82) is 0 Å². The molecule has 1 amide bonds. The van der Waals surface area contributed by atoms with E-state index >= 15 is 0 Å². The number of halogens is 3. The normalized spacial score (nSPS) is 12.1. The van der Waals surface area contributed by atoms with E-state index in [1.807, 2.05) is 18.2 Å². The highest BCUT2D eigenvalue weighted by Crippen LogP contribution is 2.34. The molecule has 0 unspecified atom stereocenters. The average Bonchev–Trinajstić information content (AvgIpc) is 2.99. The highest BCUT2D eigenvalue weighted by atomic mass is 35.5. The fourth-order valence-corrected chi connectivity index (χ4v) is 3.12. The number of aryl methyl sites for hydroxylation is 1. The molecule has 1 heterocycles. The summed E-state index contributed by atoms with van der Waals surface area (Å²) in [6.45, 7) is 0.228. The van der Waals surface area contributed by atoms with Gasteiger partial charge in [0.25, 0.3) is 0 Å². The lowest BCUT2D eigenvalue weighted by molar-refractivity contribution is -0.120. The van der Waals surface area contributed by atoms with E-state index < -0.39 is 0 Å². The van der Waals surface area contributed by atoms with E-state index in [-0.39, 0.29) is 19.1 Å². The van der Waals surface area contributed by atoms with Crippen molar-refractivity contribution in [3.63, 3.8) is 0 Å². The highest BCUT2D eigenvalue weighted by molar-refractivity contribution is 6.41. The molecule has 2 N–H and O–H groups in total. The van der Waals surface area contributed by atoms with E-state index in [4.69, 9.17) is 44.3 Å². The zero-order valence-corrected chi connectivity index (χ0v) is 14.6. The molecule has 0 fully saturated rings. The summed E-state index contributed by atoms with van der Waals surface area (Å²) < 4.78 is 10.6. The minimum Gasteiger partial charge on any atom is -0.454 e. The molecule has 126 valence electrons. The lowest BCUT2D eigenvalue weighted by atomic mass is 10.1. The molecular weight excluding hydrogens is 375 g/mol. The van der Waals surface area contributed by atoms with Crippen molar-refractivity contribution in [3.8, 4) is 11.5 Å². The summed E-state index contributed by atoms with van der Waals surface area (Å²) in [5, 5.41) is 1.07. The number of hydrogen-bond acceptors (Lipinski definition) is 4. The predicted molar refractivity (Wildman–Crippen MR) is 94.1 cm³/mol. The predicted octanol–water partition coefficient (Wildman–Crippen LogP) is 4.45. The van der Waals surface area contributed by atoms with E-state index in [0.29, 0.717) is 32.9 Å². The number of hydrogen-bond donors (Lipinski definition) is 2. The van der Waals surface area contributed by atoms with Crippen LogP contribution in [0.3, 0.4) is 0 Å². The Kier molecular flexibility index (Phi) is 5.23. The first-order valence-electron chi connectivity index (χ1n) is 7.11. The molecule has 0 aliphatic carbocycles. The number of benzene rings is 2. The van der Waals surface area contributed by atoms with Gasteiger partial charge in [0, 0.05) is 11.4 Å². The maximum Gasteiger partial charge on any atom is 0.238 e. The molecule has 1 aliphatic rings. The maximum absolute atomic E-state index is 12.0. The Bertz CT molecular complexity index is 760. The van der Waals surface area contributed by atoms with Crippen LogP contribution in [0.25, 0.3) is 0 Å². The van der Waals surface area contributed by atoms with Crippen LogP contribution >= 0.6 is 34.8 Å². The molecule has 24 heavy (non-hydrogen) atoms. The topological polar surface area (TPSA) is 59.6 Å². The molecule has 0 radical (unpaired) electrons. The molecule has 0 aromatic heterocycles. The molecular formula is C16H13Cl3N2O3. The SMILES string of the molecule is O=C(CCc1ccc2c(c1)OCO2)NNc1c(Cl)cc(Cl)cc1Cl. The zero-order chi connectivity index (χ0) is 17.1. The number of nitrogens with one attached hydrogen (secondary N) is 2.